The van der Waals surface area contributed by atoms with Gasteiger partial charge in [0.2, 0.25) is 21.8 Å². The van der Waals surface area contributed by atoms with Crippen molar-refractivity contribution >= 4 is 43.5 Å². The average Bonchev–Trinajstić information content (AvgIpc) is 2.79. The number of halogens is 1. The summed E-state index contributed by atoms with van der Waals surface area (Å²) in [6, 6.07) is 13.9. The maximum absolute atomic E-state index is 13.6. The van der Waals surface area contributed by atoms with E-state index in [0.29, 0.717) is 12.2 Å². The van der Waals surface area contributed by atoms with Gasteiger partial charge in [0, 0.05) is 17.6 Å². The minimum atomic E-state index is -3.76. The molecule has 186 valence electrons. The second kappa shape index (κ2) is 12.4. The number of anilines is 1. The zero-order valence-electron chi connectivity index (χ0n) is 20.4. The van der Waals surface area contributed by atoms with Gasteiger partial charge in [0.25, 0.3) is 0 Å². The first-order valence-electron chi connectivity index (χ1n) is 11.3. The van der Waals surface area contributed by atoms with Gasteiger partial charge in [-0.1, -0.05) is 67.0 Å². The van der Waals surface area contributed by atoms with E-state index < -0.39 is 28.5 Å². The molecular formula is C25H34BrN3O4S. The molecule has 2 aromatic carbocycles. The first-order valence-corrected chi connectivity index (χ1v) is 14.0. The van der Waals surface area contributed by atoms with Gasteiger partial charge < -0.3 is 10.2 Å². The number of rotatable bonds is 11. The molecule has 2 amide bonds. The Hall–Kier alpha value is -2.39. The highest BCUT2D eigenvalue weighted by Crippen LogP contribution is 2.29. The molecule has 0 bridgehead atoms. The Labute approximate surface area is 211 Å². The molecule has 0 heterocycles. The van der Waals surface area contributed by atoms with Crippen molar-refractivity contribution in [3.8, 4) is 0 Å². The van der Waals surface area contributed by atoms with Gasteiger partial charge in [0.05, 0.1) is 11.9 Å². The Balaban J connectivity index is 2.43. The standard InChI is InChI=1S/C25H34BrN3O4S/c1-6-15-27-25(31)19(4)28(16-20-11-13-21(26)14-12-20)24(30)17-29(34(5,32)33)23-10-8-7-9-22(23)18(2)3/h7-14,18-19H,6,15-17H2,1-5H3,(H,27,31)/t19-/m1/s1. The zero-order valence-corrected chi connectivity index (χ0v) is 22.8. The number of hydrogen-bond acceptors (Lipinski definition) is 4. The van der Waals surface area contributed by atoms with Crippen LogP contribution in [-0.4, -0.2) is 50.5 Å². The third-order valence-electron chi connectivity index (χ3n) is 5.49. The van der Waals surface area contributed by atoms with Crippen LogP contribution in [0.1, 0.15) is 51.2 Å². The number of nitrogens with zero attached hydrogens (tertiary/aromatic N) is 2. The maximum atomic E-state index is 13.6. The van der Waals surface area contributed by atoms with Crippen molar-refractivity contribution in [3.05, 3.63) is 64.1 Å². The van der Waals surface area contributed by atoms with Gasteiger partial charge in [0.15, 0.2) is 0 Å². The summed E-state index contributed by atoms with van der Waals surface area (Å²) in [7, 11) is -3.76. The molecule has 0 saturated carbocycles. The first-order chi connectivity index (χ1) is 16.0. The summed E-state index contributed by atoms with van der Waals surface area (Å²) in [6.45, 7) is 7.84. The van der Waals surface area contributed by atoms with Gasteiger partial charge in [-0.25, -0.2) is 8.42 Å². The quantitative estimate of drug-likeness (QED) is 0.451. The molecule has 0 spiro atoms. The fraction of sp³-hybridized carbons (Fsp3) is 0.440. The predicted molar refractivity (Wildman–Crippen MR) is 140 cm³/mol. The van der Waals surface area contributed by atoms with Gasteiger partial charge in [-0.15, -0.1) is 0 Å². The Bertz CT molecular complexity index is 1090. The van der Waals surface area contributed by atoms with E-state index in [0.717, 1.165) is 32.6 Å². The molecule has 0 aromatic heterocycles. The third-order valence-corrected chi connectivity index (χ3v) is 7.14. The van der Waals surface area contributed by atoms with Crippen LogP contribution in [0.15, 0.2) is 53.0 Å². The lowest BCUT2D eigenvalue weighted by Crippen LogP contribution is -2.51. The van der Waals surface area contributed by atoms with Gasteiger partial charge in [0.1, 0.15) is 12.6 Å². The molecule has 0 aliphatic rings. The maximum Gasteiger partial charge on any atom is 0.244 e. The summed E-state index contributed by atoms with van der Waals surface area (Å²) in [5.74, 6) is -0.667. The van der Waals surface area contributed by atoms with Crippen molar-refractivity contribution in [2.75, 3.05) is 23.7 Å². The van der Waals surface area contributed by atoms with E-state index in [9.17, 15) is 18.0 Å². The lowest BCUT2D eigenvalue weighted by atomic mass is 10.0. The lowest BCUT2D eigenvalue weighted by molar-refractivity contribution is -0.139. The smallest absolute Gasteiger partial charge is 0.244 e. The highest BCUT2D eigenvalue weighted by Gasteiger charge is 2.30. The number of para-hydroxylation sites is 1. The summed E-state index contributed by atoms with van der Waals surface area (Å²) in [5, 5.41) is 2.83. The van der Waals surface area contributed by atoms with Gasteiger partial charge >= 0.3 is 0 Å². The Morgan fingerprint density at radius 2 is 1.65 bits per heavy atom. The summed E-state index contributed by atoms with van der Waals surface area (Å²) in [5.41, 5.74) is 2.13. The normalized spacial score (nSPS) is 12.3. The fourth-order valence-corrected chi connectivity index (χ4v) is 4.70. The molecule has 0 saturated heterocycles. The van der Waals surface area contributed by atoms with Crippen LogP contribution in [0.25, 0.3) is 0 Å². The van der Waals surface area contributed by atoms with Crippen molar-refractivity contribution < 1.29 is 18.0 Å². The SMILES string of the molecule is CCCNC(=O)[C@@H](C)N(Cc1ccc(Br)cc1)C(=O)CN(c1ccccc1C(C)C)S(C)(=O)=O. The van der Waals surface area contributed by atoms with Crippen LogP contribution in [0.4, 0.5) is 5.69 Å². The Kier molecular flexibility index (Phi) is 10.1. The number of carbonyl (C=O) groups excluding carboxylic acids is 2. The molecule has 0 unspecified atom stereocenters. The average molecular weight is 553 g/mol. The molecule has 0 fully saturated rings. The molecule has 1 N–H and O–H groups in total. The second-order valence-corrected chi connectivity index (χ2v) is 11.4. The van der Waals surface area contributed by atoms with E-state index in [1.807, 2.05) is 57.2 Å². The van der Waals surface area contributed by atoms with Crippen LogP contribution in [0.5, 0.6) is 0 Å². The van der Waals surface area contributed by atoms with Crippen LogP contribution in [-0.2, 0) is 26.2 Å². The molecule has 0 aliphatic heterocycles. The first kappa shape index (κ1) is 27.9. The minimum Gasteiger partial charge on any atom is -0.354 e. The van der Waals surface area contributed by atoms with E-state index in [2.05, 4.69) is 21.2 Å². The summed E-state index contributed by atoms with van der Waals surface area (Å²) in [6.07, 6.45) is 1.86. The third kappa shape index (κ3) is 7.56. The van der Waals surface area contributed by atoms with Crippen LogP contribution < -0.4 is 9.62 Å². The molecule has 2 aromatic rings. The van der Waals surface area contributed by atoms with E-state index in [-0.39, 0.29) is 18.4 Å². The van der Waals surface area contributed by atoms with Gasteiger partial charge in [-0.3, -0.25) is 13.9 Å². The van der Waals surface area contributed by atoms with Crippen LogP contribution in [0.3, 0.4) is 0 Å². The van der Waals surface area contributed by atoms with E-state index >= 15 is 0 Å². The van der Waals surface area contributed by atoms with Crippen molar-refractivity contribution in [3.63, 3.8) is 0 Å². The van der Waals surface area contributed by atoms with Crippen LogP contribution >= 0.6 is 15.9 Å². The zero-order chi connectivity index (χ0) is 25.5. The molecule has 7 nitrogen and oxygen atoms in total. The summed E-state index contributed by atoms with van der Waals surface area (Å²) >= 11 is 3.40. The van der Waals surface area contributed by atoms with Crippen LogP contribution in [0, 0.1) is 0 Å². The fourth-order valence-electron chi connectivity index (χ4n) is 3.56. The van der Waals surface area contributed by atoms with Gasteiger partial charge in [-0.2, -0.15) is 0 Å². The molecule has 0 radical (unpaired) electrons. The highest BCUT2D eigenvalue weighted by atomic mass is 79.9. The summed E-state index contributed by atoms with van der Waals surface area (Å²) in [4.78, 5) is 27.8. The molecule has 2 rings (SSSR count). The topological polar surface area (TPSA) is 86.8 Å². The van der Waals surface area contributed by atoms with Crippen LogP contribution in [0.2, 0.25) is 0 Å². The van der Waals surface area contributed by atoms with Gasteiger partial charge in [-0.05, 0) is 48.6 Å². The number of amides is 2. The predicted octanol–water partition coefficient (Wildman–Crippen LogP) is 4.28. The minimum absolute atomic E-state index is 0.0631. The highest BCUT2D eigenvalue weighted by molar-refractivity contribution is 9.10. The van der Waals surface area contributed by atoms with E-state index in [4.69, 9.17) is 0 Å². The lowest BCUT2D eigenvalue weighted by Gasteiger charge is -2.32. The molecular weight excluding hydrogens is 518 g/mol. The second-order valence-electron chi connectivity index (χ2n) is 8.60. The number of nitrogens with one attached hydrogen (secondary N) is 1. The van der Waals surface area contributed by atoms with Crippen molar-refractivity contribution in [1.29, 1.82) is 0 Å². The van der Waals surface area contributed by atoms with Crippen molar-refractivity contribution in [1.82, 2.24) is 10.2 Å². The monoisotopic (exact) mass is 551 g/mol. The largest absolute Gasteiger partial charge is 0.354 e. The number of carbonyl (C=O) groups is 2. The number of benzene rings is 2. The number of sulfonamides is 1. The van der Waals surface area contributed by atoms with Crippen molar-refractivity contribution in [2.24, 2.45) is 0 Å². The Morgan fingerprint density at radius 1 is 1.03 bits per heavy atom. The molecule has 9 heteroatoms. The molecule has 1 atom stereocenters. The van der Waals surface area contributed by atoms with Crippen molar-refractivity contribution in [2.45, 2.75) is 52.6 Å². The van der Waals surface area contributed by atoms with E-state index in [1.54, 1.807) is 19.1 Å². The summed E-state index contributed by atoms with van der Waals surface area (Å²) < 4.78 is 27.6. The Morgan fingerprint density at radius 3 is 2.21 bits per heavy atom. The number of hydrogen-bond donors (Lipinski definition) is 1. The molecule has 0 aliphatic carbocycles. The molecule has 34 heavy (non-hydrogen) atoms. The van der Waals surface area contributed by atoms with E-state index in [1.165, 1.54) is 4.90 Å².